The normalized spacial score (nSPS) is 11.7. The van der Waals surface area contributed by atoms with Crippen LogP contribution in [-0.4, -0.2) is 14.3 Å². The summed E-state index contributed by atoms with van der Waals surface area (Å²) in [5, 5.41) is 3.19. The first-order chi connectivity index (χ1) is 12.9. The SMILES string of the molecule is O=C(Cc1coc2ccc3ccccc3c12)NS(=O)(=O)c1ccc(Cl)cc1. The van der Waals surface area contributed by atoms with Crippen molar-refractivity contribution in [2.45, 2.75) is 11.3 Å². The Morgan fingerprint density at radius 1 is 1.00 bits per heavy atom. The average molecular weight is 400 g/mol. The number of rotatable bonds is 4. The third-order valence-electron chi connectivity index (χ3n) is 4.26. The molecule has 1 aromatic heterocycles. The molecule has 0 aliphatic carbocycles. The van der Waals surface area contributed by atoms with Crippen LogP contribution in [0.3, 0.4) is 0 Å². The summed E-state index contributed by atoms with van der Waals surface area (Å²) in [5.74, 6) is -0.638. The lowest BCUT2D eigenvalue weighted by atomic mass is 10.0. The monoisotopic (exact) mass is 399 g/mol. The molecule has 0 bridgehead atoms. The number of amides is 1. The smallest absolute Gasteiger partial charge is 0.264 e. The molecule has 0 aliphatic heterocycles. The quantitative estimate of drug-likeness (QED) is 0.555. The Morgan fingerprint density at radius 2 is 1.74 bits per heavy atom. The Morgan fingerprint density at radius 3 is 2.52 bits per heavy atom. The molecule has 3 aromatic carbocycles. The first kappa shape index (κ1) is 17.6. The lowest BCUT2D eigenvalue weighted by Crippen LogP contribution is -2.31. The maximum absolute atomic E-state index is 12.4. The summed E-state index contributed by atoms with van der Waals surface area (Å²) in [6.45, 7) is 0. The summed E-state index contributed by atoms with van der Waals surface area (Å²) in [6.07, 6.45) is 1.37. The van der Waals surface area contributed by atoms with Crippen molar-refractivity contribution >= 4 is 49.3 Å². The number of hydrogen-bond donors (Lipinski definition) is 1. The third kappa shape index (κ3) is 3.41. The standard InChI is InChI=1S/C20H14ClNO4S/c21-15-6-8-16(9-7-15)27(24,25)22-19(23)11-14-12-26-18-10-5-13-3-1-2-4-17(13)20(14)18/h1-10,12H,11H2,(H,22,23). The second-order valence-corrected chi connectivity index (χ2v) is 8.20. The lowest BCUT2D eigenvalue weighted by molar-refractivity contribution is -0.118. The van der Waals surface area contributed by atoms with E-state index in [1.807, 2.05) is 36.4 Å². The minimum absolute atomic E-state index is 0.0252. The van der Waals surface area contributed by atoms with Gasteiger partial charge in [-0.25, -0.2) is 13.1 Å². The van der Waals surface area contributed by atoms with Crippen LogP contribution in [0.15, 0.2) is 76.2 Å². The number of carbonyl (C=O) groups excluding carboxylic acids is 1. The van der Waals surface area contributed by atoms with Crippen molar-refractivity contribution in [1.82, 2.24) is 4.72 Å². The molecular weight excluding hydrogens is 386 g/mol. The van der Waals surface area contributed by atoms with Crippen LogP contribution in [0.25, 0.3) is 21.7 Å². The molecule has 136 valence electrons. The predicted octanol–water partition coefficient (Wildman–Crippen LogP) is 4.29. The van der Waals surface area contributed by atoms with E-state index in [-0.39, 0.29) is 11.3 Å². The Bertz CT molecular complexity index is 1260. The highest BCUT2D eigenvalue weighted by atomic mass is 35.5. The number of fused-ring (bicyclic) bond motifs is 3. The van der Waals surface area contributed by atoms with Gasteiger partial charge in [0.05, 0.1) is 17.6 Å². The van der Waals surface area contributed by atoms with E-state index in [0.717, 1.165) is 16.2 Å². The van der Waals surface area contributed by atoms with E-state index in [1.54, 1.807) is 0 Å². The fraction of sp³-hybridized carbons (Fsp3) is 0.0500. The van der Waals surface area contributed by atoms with Crippen molar-refractivity contribution in [3.05, 3.63) is 77.5 Å². The fourth-order valence-electron chi connectivity index (χ4n) is 3.04. The molecule has 27 heavy (non-hydrogen) atoms. The number of halogens is 1. The molecule has 0 unspecified atom stereocenters. The van der Waals surface area contributed by atoms with Gasteiger partial charge in [-0.2, -0.15) is 0 Å². The molecule has 4 rings (SSSR count). The summed E-state index contributed by atoms with van der Waals surface area (Å²) < 4.78 is 32.4. The van der Waals surface area contributed by atoms with E-state index < -0.39 is 15.9 Å². The number of carbonyl (C=O) groups is 1. The molecular formula is C20H14ClNO4S. The van der Waals surface area contributed by atoms with Crippen LogP contribution in [0.1, 0.15) is 5.56 Å². The fourth-order valence-corrected chi connectivity index (χ4v) is 4.15. The molecule has 7 heteroatoms. The van der Waals surface area contributed by atoms with Gasteiger partial charge >= 0.3 is 0 Å². The van der Waals surface area contributed by atoms with Crippen molar-refractivity contribution in [2.75, 3.05) is 0 Å². The summed E-state index contributed by atoms with van der Waals surface area (Å²) in [7, 11) is -3.96. The maximum atomic E-state index is 12.4. The molecule has 0 spiro atoms. The van der Waals surface area contributed by atoms with Crippen molar-refractivity contribution in [3.8, 4) is 0 Å². The van der Waals surface area contributed by atoms with Gasteiger partial charge in [0.15, 0.2) is 0 Å². The molecule has 1 N–H and O–H groups in total. The van der Waals surface area contributed by atoms with Gasteiger partial charge in [-0.15, -0.1) is 0 Å². The van der Waals surface area contributed by atoms with Gasteiger partial charge < -0.3 is 4.42 Å². The van der Waals surface area contributed by atoms with E-state index in [4.69, 9.17) is 16.0 Å². The minimum Gasteiger partial charge on any atom is -0.464 e. The van der Waals surface area contributed by atoms with Gasteiger partial charge in [0.2, 0.25) is 5.91 Å². The van der Waals surface area contributed by atoms with Crippen molar-refractivity contribution < 1.29 is 17.6 Å². The van der Waals surface area contributed by atoms with E-state index >= 15 is 0 Å². The summed E-state index contributed by atoms with van der Waals surface area (Å²) in [5.41, 5.74) is 1.28. The zero-order chi connectivity index (χ0) is 19.0. The molecule has 0 saturated carbocycles. The molecule has 0 radical (unpaired) electrons. The average Bonchev–Trinajstić information content (AvgIpc) is 3.05. The number of hydrogen-bond acceptors (Lipinski definition) is 4. The predicted molar refractivity (Wildman–Crippen MR) is 104 cm³/mol. The highest BCUT2D eigenvalue weighted by Crippen LogP contribution is 2.30. The second kappa shape index (κ2) is 6.72. The first-order valence-electron chi connectivity index (χ1n) is 8.13. The van der Waals surface area contributed by atoms with Crippen LogP contribution in [-0.2, 0) is 21.2 Å². The molecule has 5 nitrogen and oxygen atoms in total. The van der Waals surface area contributed by atoms with Gasteiger partial charge in [0.1, 0.15) is 5.58 Å². The highest BCUT2D eigenvalue weighted by molar-refractivity contribution is 7.90. The van der Waals surface area contributed by atoms with Crippen LogP contribution in [0.5, 0.6) is 0 Å². The van der Waals surface area contributed by atoms with Crippen LogP contribution >= 0.6 is 11.6 Å². The maximum Gasteiger partial charge on any atom is 0.264 e. The molecule has 0 atom stereocenters. The molecule has 0 aliphatic rings. The van der Waals surface area contributed by atoms with Crippen LogP contribution in [0, 0.1) is 0 Å². The van der Waals surface area contributed by atoms with Gasteiger partial charge in [-0.05, 0) is 41.1 Å². The minimum atomic E-state index is -3.96. The Labute approximate surface area is 160 Å². The lowest BCUT2D eigenvalue weighted by Gasteiger charge is -2.07. The van der Waals surface area contributed by atoms with Gasteiger partial charge in [0, 0.05) is 16.0 Å². The third-order valence-corrected chi connectivity index (χ3v) is 5.90. The van der Waals surface area contributed by atoms with Gasteiger partial charge in [-0.3, -0.25) is 4.79 Å². The van der Waals surface area contributed by atoms with E-state index in [9.17, 15) is 13.2 Å². The summed E-state index contributed by atoms with van der Waals surface area (Å²) in [4.78, 5) is 12.4. The van der Waals surface area contributed by atoms with E-state index in [0.29, 0.717) is 16.2 Å². The molecule has 1 heterocycles. The molecule has 0 fully saturated rings. The largest absolute Gasteiger partial charge is 0.464 e. The highest BCUT2D eigenvalue weighted by Gasteiger charge is 2.19. The van der Waals surface area contributed by atoms with Gasteiger partial charge in [-0.1, -0.05) is 41.9 Å². The number of sulfonamides is 1. The first-order valence-corrected chi connectivity index (χ1v) is 9.99. The Kier molecular flexibility index (Phi) is 4.37. The summed E-state index contributed by atoms with van der Waals surface area (Å²) in [6, 6.07) is 17.1. The Hall–Kier alpha value is -2.83. The van der Waals surface area contributed by atoms with Crippen molar-refractivity contribution in [2.24, 2.45) is 0 Å². The number of furan rings is 1. The summed E-state index contributed by atoms with van der Waals surface area (Å²) >= 11 is 5.77. The Balaban J connectivity index is 1.63. The van der Waals surface area contributed by atoms with Gasteiger partial charge in [0.25, 0.3) is 10.0 Å². The molecule has 4 aromatic rings. The topological polar surface area (TPSA) is 76.4 Å². The zero-order valence-electron chi connectivity index (χ0n) is 14.0. The van der Waals surface area contributed by atoms with Crippen LogP contribution < -0.4 is 4.72 Å². The van der Waals surface area contributed by atoms with Crippen LogP contribution in [0.4, 0.5) is 0 Å². The van der Waals surface area contributed by atoms with E-state index in [1.165, 1.54) is 30.5 Å². The number of benzene rings is 3. The van der Waals surface area contributed by atoms with E-state index in [2.05, 4.69) is 4.72 Å². The van der Waals surface area contributed by atoms with Crippen molar-refractivity contribution in [1.29, 1.82) is 0 Å². The molecule has 0 saturated heterocycles. The molecule has 1 amide bonds. The van der Waals surface area contributed by atoms with Crippen molar-refractivity contribution in [3.63, 3.8) is 0 Å². The van der Waals surface area contributed by atoms with Crippen LogP contribution in [0.2, 0.25) is 5.02 Å². The second-order valence-electron chi connectivity index (χ2n) is 6.08. The number of nitrogens with one attached hydrogen (secondary N) is 1. The zero-order valence-corrected chi connectivity index (χ0v) is 15.5.